The third-order valence-electron chi connectivity index (χ3n) is 5.65. The van der Waals surface area contributed by atoms with Gasteiger partial charge in [0, 0.05) is 10.6 Å². The van der Waals surface area contributed by atoms with Crippen LogP contribution in [0.3, 0.4) is 0 Å². The highest BCUT2D eigenvalue weighted by Crippen LogP contribution is 2.30. The van der Waals surface area contributed by atoms with Gasteiger partial charge in [-0.05, 0) is 56.0 Å². The number of carbonyl (C=O) groups is 1. The number of carbonyl (C=O) groups excluding carboxylic acids is 1. The van der Waals surface area contributed by atoms with Crippen LogP contribution < -0.4 is 10.9 Å². The number of aromatic nitrogens is 2. The lowest BCUT2D eigenvalue weighted by atomic mass is 10.1. The maximum Gasteiger partial charge on any atom is 0.267 e. The first-order chi connectivity index (χ1) is 15.9. The molecule has 0 atom stereocenters. The van der Waals surface area contributed by atoms with Crippen LogP contribution in [0.1, 0.15) is 35.4 Å². The average molecular weight is 478 g/mol. The summed E-state index contributed by atoms with van der Waals surface area (Å²) in [5.74, 6) is 0.0367. The molecule has 2 aromatic heterocycles. The van der Waals surface area contributed by atoms with Crippen LogP contribution in [-0.2, 0) is 17.6 Å². The summed E-state index contributed by atoms with van der Waals surface area (Å²) in [4.78, 5) is 33.1. The highest BCUT2D eigenvalue weighted by molar-refractivity contribution is 7.99. The van der Waals surface area contributed by atoms with Crippen molar-refractivity contribution < 1.29 is 4.79 Å². The molecule has 0 aliphatic rings. The number of thiophene rings is 1. The van der Waals surface area contributed by atoms with Crippen LogP contribution in [0.2, 0.25) is 0 Å². The Morgan fingerprint density at radius 3 is 2.48 bits per heavy atom. The number of anilines is 1. The first kappa shape index (κ1) is 23.3. The average Bonchev–Trinajstić information content (AvgIpc) is 3.14. The molecule has 4 rings (SSSR count). The molecule has 7 heteroatoms. The summed E-state index contributed by atoms with van der Waals surface area (Å²) in [7, 11) is 0. The second-order valence-electron chi connectivity index (χ2n) is 7.90. The Hall–Kier alpha value is -2.90. The molecule has 2 heterocycles. The minimum Gasteiger partial charge on any atom is -0.325 e. The quantitative estimate of drug-likeness (QED) is 0.265. The van der Waals surface area contributed by atoms with Gasteiger partial charge in [0.05, 0.1) is 16.8 Å². The molecule has 0 spiro atoms. The predicted molar refractivity (Wildman–Crippen MR) is 139 cm³/mol. The Kier molecular flexibility index (Phi) is 7.00. The summed E-state index contributed by atoms with van der Waals surface area (Å²) in [5, 5.41) is 4.20. The monoisotopic (exact) mass is 477 g/mol. The van der Waals surface area contributed by atoms with Gasteiger partial charge in [-0.1, -0.05) is 61.5 Å². The van der Waals surface area contributed by atoms with Gasteiger partial charge in [-0.3, -0.25) is 14.2 Å². The van der Waals surface area contributed by atoms with Crippen molar-refractivity contribution in [1.29, 1.82) is 0 Å². The van der Waals surface area contributed by atoms with E-state index in [-0.39, 0.29) is 17.2 Å². The molecular weight excluding hydrogens is 450 g/mol. The molecule has 33 heavy (non-hydrogen) atoms. The number of nitrogens with one attached hydrogen (secondary N) is 1. The maximum atomic E-state index is 13.6. The van der Waals surface area contributed by atoms with Crippen LogP contribution in [0.25, 0.3) is 15.9 Å². The van der Waals surface area contributed by atoms with Crippen LogP contribution in [-0.4, -0.2) is 21.2 Å². The number of nitrogens with zero attached hydrogens (tertiary/aromatic N) is 2. The van der Waals surface area contributed by atoms with Crippen molar-refractivity contribution in [3.05, 3.63) is 80.5 Å². The van der Waals surface area contributed by atoms with Crippen LogP contribution in [0.4, 0.5) is 5.69 Å². The van der Waals surface area contributed by atoms with Crippen molar-refractivity contribution in [2.45, 2.75) is 45.7 Å². The minimum absolute atomic E-state index is 0.0865. The van der Waals surface area contributed by atoms with Crippen molar-refractivity contribution >= 4 is 44.9 Å². The Morgan fingerprint density at radius 2 is 1.79 bits per heavy atom. The minimum atomic E-state index is -0.123. The zero-order valence-electron chi connectivity index (χ0n) is 19.3. The van der Waals surface area contributed by atoms with E-state index in [1.165, 1.54) is 16.6 Å². The molecule has 4 aromatic rings. The third kappa shape index (κ3) is 4.75. The van der Waals surface area contributed by atoms with Crippen molar-refractivity contribution in [2.75, 3.05) is 11.1 Å². The van der Waals surface area contributed by atoms with Gasteiger partial charge in [0.25, 0.3) is 5.56 Å². The number of benzene rings is 2. The summed E-state index contributed by atoms with van der Waals surface area (Å²) in [5.41, 5.74) is 4.70. The lowest BCUT2D eigenvalue weighted by Crippen LogP contribution is -2.23. The Balaban J connectivity index is 1.71. The predicted octanol–water partition coefficient (Wildman–Crippen LogP) is 5.92. The van der Waals surface area contributed by atoms with E-state index >= 15 is 0 Å². The molecule has 0 unspecified atom stereocenters. The van der Waals surface area contributed by atoms with Gasteiger partial charge in [-0.15, -0.1) is 11.3 Å². The van der Waals surface area contributed by atoms with Crippen LogP contribution in [0.15, 0.2) is 58.5 Å². The molecule has 0 aliphatic heterocycles. The molecular formula is C26H27N3O2S2. The number of thioether (sulfide) groups is 1. The van der Waals surface area contributed by atoms with E-state index in [0.29, 0.717) is 10.5 Å². The number of rotatable bonds is 7. The van der Waals surface area contributed by atoms with Crippen LogP contribution in [0.5, 0.6) is 0 Å². The molecule has 0 fully saturated rings. The number of para-hydroxylation sites is 1. The number of aryl methyl sites for hydroxylation is 4. The molecule has 1 N–H and O–H groups in total. The molecule has 0 saturated carbocycles. The Morgan fingerprint density at radius 1 is 1.06 bits per heavy atom. The molecule has 1 amide bonds. The SMILES string of the molecule is CCc1ccccc1NC(=O)CSc1nc2sc(CC)c(C)c2c(=O)n1-c1ccc(C)cc1. The topological polar surface area (TPSA) is 64.0 Å². The van der Waals surface area contributed by atoms with E-state index in [2.05, 4.69) is 19.2 Å². The summed E-state index contributed by atoms with van der Waals surface area (Å²) >= 11 is 2.85. The van der Waals surface area contributed by atoms with E-state index in [1.807, 2.05) is 62.4 Å². The van der Waals surface area contributed by atoms with Gasteiger partial charge in [0.2, 0.25) is 5.91 Å². The Bertz CT molecular complexity index is 1370. The summed E-state index contributed by atoms with van der Waals surface area (Å²) in [6.45, 7) is 8.15. The van der Waals surface area contributed by atoms with Crippen LogP contribution in [0, 0.1) is 13.8 Å². The number of hydrogen-bond donors (Lipinski definition) is 1. The summed E-state index contributed by atoms with van der Waals surface area (Å²) in [6.07, 6.45) is 1.70. The lowest BCUT2D eigenvalue weighted by Gasteiger charge is -2.13. The van der Waals surface area contributed by atoms with Crippen LogP contribution >= 0.6 is 23.1 Å². The van der Waals surface area contributed by atoms with Gasteiger partial charge in [-0.25, -0.2) is 4.98 Å². The van der Waals surface area contributed by atoms with Gasteiger partial charge in [-0.2, -0.15) is 0 Å². The zero-order chi connectivity index (χ0) is 23.5. The van der Waals surface area contributed by atoms with E-state index in [4.69, 9.17) is 4.98 Å². The fourth-order valence-electron chi connectivity index (χ4n) is 3.83. The maximum absolute atomic E-state index is 13.6. The fourth-order valence-corrected chi connectivity index (χ4v) is 5.80. The van der Waals surface area contributed by atoms with E-state index < -0.39 is 0 Å². The first-order valence-corrected chi connectivity index (χ1v) is 12.9. The largest absolute Gasteiger partial charge is 0.325 e. The second-order valence-corrected chi connectivity index (χ2v) is 9.93. The second kappa shape index (κ2) is 9.93. The van der Waals surface area contributed by atoms with Crippen molar-refractivity contribution in [3.8, 4) is 5.69 Å². The molecule has 170 valence electrons. The van der Waals surface area contributed by atoms with Gasteiger partial charge < -0.3 is 5.32 Å². The van der Waals surface area contributed by atoms with Gasteiger partial charge >= 0.3 is 0 Å². The molecule has 0 bridgehead atoms. The Labute approximate surface area is 201 Å². The summed E-state index contributed by atoms with van der Waals surface area (Å²) in [6, 6.07) is 15.6. The van der Waals surface area contributed by atoms with E-state index in [0.717, 1.165) is 45.7 Å². The smallest absolute Gasteiger partial charge is 0.267 e. The first-order valence-electron chi connectivity index (χ1n) is 11.1. The van der Waals surface area contributed by atoms with E-state index in [1.54, 1.807) is 15.9 Å². The number of fused-ring (bicyclic) bond motifs is 1. The van der Waals surface area contributed by atoms with Crippen molar-refractivity contribution in [2.24, 2.45) is 0 Å². The normalized spacial score (nSPS) is 11.2. The standard InChI is InChI=1S/C26H27N3O2S2/c1-5-18-9-7-8-10-20(18)27-22(30)15-32-26-28-24-23(17(4)21(6-2)33-24)25(31)29(26)19-13-11-16(3)12-14-19/h7-14H,5-6,15H2,1-4H3,(H,27,30). The molecule has 0 radical (unpaired) electrons. The molecule has 0 aliphatic carbocycles. The molecule has 0 saturated heterocycles. The number of amides is 1. The van der Waals surface area contributed by atoms with Gasteiger partial charge in [0.1, 0.15) is 4.83 Å². The van der Waals surface area contributed by atoms with Crippen molar-refractivity contribution in [3.63, 3.8) is 0 Å². The van der Waals surface area contributed by atoms with Gasteiger partial charge in [0.15, 0.2) is 5.16 Å². The molecule has 2 aromatic carbocycles. The lowest BCUT2D eigenvalue weighted by molar-refractivity contribution is -0.113. The summed E-state index contributed by atoms with van der Waals surface area (Å²) < 4.78 is 1.64. The number of hydrogen-bond acceptors (Lipinski definition) is 5. The highest BCUT2D eigenvalue weighted by atomic mass is 32.2. The molecule has 5 nitrogen and oxygen atoms in total. The van der Waals surface area contributed by atoms with E-state index in [9.17, 15) is 9.59 Å². The third-order valence-corrected chi connectivity index (χ3v) is 7.92. The van der Waals surface area contributed by atoms with Crippen molar-refractivity contribution in [1.82, 2.24) is 9.55 Å². The highest BCUT2D eigenvalue weighted by Gasteiger charge is 2.19. The zero-order valence-corrected chi connectivity index (χ0v) is 20.9. The fraction of sp³-hybridized carbons (Fsp3) is 0.269.